The maximum atomic E-state index is 13.2. The number of nitrogens with zero attached hydrogens (tertiary/aromatic N) is 2. The highest BCUT2D eigenvalue weighted by molar-refractivity contribution is 5.77. The predicted molar refractivity (Wildman–Crippen MR) is 55.3 cm³/mol. The summed E-state index contributed by atoms with van der Waals surface area (Å²) in [5.74, 6) is 0. The lowest BCUT2D eigenvalue weighted by Crippen LogP contribution is -2.02. The highest BCUT2D eigenvalue weighted by Crippen LogP contribution is 2.15. The zero-order chi connectivity index (χ0) is 11.1. The number of nitriles is 1. The standard InChI is InChI=1S/C10H14FN3/c1-4-9(11)8(3)10(5-12)14-6-7(2)13/h6,9H,2,4,13H2,1,3H3/b10-8+,14-6-. The molecule has 0 saturated heterocycles. The Hall–Kier alpha value is -1.63. The van der Waals surface area contributed by atoms with Crippen molar-refractivity contribution in [2.24, 2.45) is 10.7 Å². The van der Waals surface area contributed by atoms with Crippen LogP contribution >= 0.6 is 0 Å². The van der Waals surface area contributed by atoms with Gasteiger partial charge in [-0.15, -0.1) is 0 Å². The number of halogens is 1. The smallest absolute Gasteiger partial charge is 0.142 e. The third-order valence-electron chi connectivity index (χ3n) is 1.67. The fraction of sp³-hybridized carbons (Fsp3) is 0.400. The third-order valence-corrected chi connectivity index (χ3v) is 1.67. The van der Waals surface area contributed by atoms with Crippen LogP contribution in [0.2, 0.25) is 0 Å². The molecule has 0 spiro atoms. The summed E-state index contributed by atoms with van der Waals surface area (Å²) in [5.41, 5.74) is 5.86. The van der Waals surface area contributed by atoms with Crippen molar-refractivity contribution in [2.45, 2.75) is 26.4 Å². The fourth-order valence-electron chi connectivity index (χ4n) is 0.821. The average Bonchev–Trinajstić information content (AvgIpc) is 2.16. The number of allylic oxidation sites excluding steroid dienone is 3. The minimum atomic E-state index is -1.13. The second-order valence-electron chi connectivity index (χ2n) is 2.85. The van der Waals surface area contributed by atoms with Crippen LogP contribution in [0.1, 0.15) is 20.3 Å². The topological polar surface area (TPSA) is 62.2 Å². The molecule has 0 heterocycles. The van der Waals surface area contributed by atoms with Gasteiger partial charge in [-0.1, -0.05) is 13.5 Å². The van der Waals surface area contributed by atoms with Gasteiger partial charge >= 0.3 is 0 Å². The van der Waals surface area contributed by atoms with Crippen LogP contribution in [0.4, 0.5) is 4.39 Å². The van der Waals surface area contributed by atoms with Gasteiger partial charge < -0.3 is 5.73 Å². The maximum absolute atomic E-state index is 13.2. The molecule has 0 aromatic rings. The van der Waals surface area contributed by atoms with Gasteiger partial charge in [0.1, 0.15) is 17.9 Å². The molecule has 0 bridgehead atoms. The van der Waals surface area contributed by atoms with Crippen LogP contribution in [0.25, 0.3) is 0 Å². The van der Waals surface area contributed by atoms with E-state index in [1.807, 2.05) is 6.07 Å². The molecule has 4 heteroatoms. The van der Waals surface area contributed by atoms with Gasteiger partial charge in [0.25, 0.3) is 0 Å². The molecule has 3 nitrogen and oxygen atoms in total. The molecule has 0 aromatic heterocycles. The molecule has 0 aliphatic carbocycles. The Bertz CT molecular complexity index is 310. The van der Waals surface area contributed by atoms with Gasteiger partial charge in [-0.3, -0.25) is 0 Å². The molecule has 0 saturated carbocycles. The zero-order valence-corrected chi connectivity index (χ0v) is 8.42. The zero-order valence-electron chi connectivity index (χ0n) is 8.42. The molecule has 0 rings (SSSR count). The minimum Gasteiger partial charge on any atom is -0.398 e. The minimum absolute atomic E-state index is 0.0611. The van der Waals surface area contributed by atoms with E-state index in [4.69, 9.17) is 11.0 Å². The van der Waals surface area contributed by atoms with Gasteiger partial charge in [0.15, 0.2) is 0 Å². The van der Waals surface area contributed by atoms with Crippen LogP contribution in [0.15, 0.2) is 28.5 Å². The summed E-state index contributed by atoms with van der Waals surface area (Å²) < 4.78 is 13.2. The average molecular weight is 195 g/mol. The van der Waals surface area contributed by atoms with Gasteiger partial charge in [-0.2, -0.15) is 5.26 Å². The number of hydrogen-bond acceptors (Lipinski definition) is 3. The first-order chi connectivity index (χ1) is 6.52. The van der Waals surface area contributed by atoms with E-state index in [-0.39, 0.29) is 11.4 Å². The number of nitrogens with two attached hydrogens (primary N) is 1. The van der Waals surface area contributed by atoms with Crippen LogP contribution in [-0.2, 0) is 0 Å². The molecule has 1 unspecified atom stereocenters. The van der Waals surface area contributed by atoms with Gasteiger partial charge in [-0.25, -0.2) is 9.38 Å². The van der Waals surface area contributed by atoms with Gasteiger partial charge in [0.05, 0.1) is 6.21 Å². The number of aliphatic imine (C=N–C) groups is 1. The Morgan fingerprint density at radius 3 is 2.71 bits per heavy atom. The quantitative estimate of drug-likeness (QED) is 0.551. The molecule has 0 fully saturated rings. The van der Waals surface area contributed by atoms with Crippen molar-refractivity contribution >= 4 is 6.21 Å². The van der Waals surface area contributed by atoms with Crippen molar-refractivity contribution in [1.29, 1.82) is 5.26 Å². The lowest BCUT2D eigenvalue weighted by molar-refractivity contribution is 0.370. The van der Waals surface area contributed by atoms with Crippen molar-refractivity contribution in [3.05, 3.63) is 23.5 Å². The van der Waals surface area contributed by atoms with Gasteiger partial charge in [0.2, 0.25) is 0 Å². The van der Waals surface area contributed by atoms with Crippen LogP contribution in [0.5, 0.6) is 0 Å². The molecular weight excluding hydrogens is 181 g/mol. The second kappa shape index (κ2) is 5.92. The predicted octanol–water partition coefficient (Wildman–Crippen LogP) is 2.08. The summed E-state index contributed by atoms with van der Waals surface area (Å²) in [6, 6.07) is 1.82. The summed E-state index contributed by atoms with van der Waals surface area (Å²) in [4.78, 5) is 3.74. The molecular formula is C10H14FN3. The van der Waals surface area contributed by atoms with Crippen molar-refractivity contribution < 1.29 is 4.39 Å². The molecule has 0 aliphatic heterocycles. The summed E-state index contributed by atoms with van der Waals surface area (Å²) in [5, 5.41) is 8.69. The maximum Gasteiger partial charge on any atom is 0.142 e. The highest BCUT2D eigenvalue weighted by Gasteiger charge is 2.10. The Kier molecular flexibility index (Phi) is 5.23. The lowest BCUT2D eigenvalue weighted by atomic mass is 10.1. The first-order valence-corrected chi connectivity index (χ1v) is 4.26. The molecule has 0 amide bonds. The summed E-state index contributed by atoms with van der Waals surface area (Å²) in [6.45, 7) is 6.64. The molecule has 1 atom stereocenters. The highest BCUT2D eigenvalue weighted by atomic mass is 19.1. The molecule has 14 heavy (non-hydrogen) atoms. The van der Waals surface area contributed by atoms with Crippen LogP contribution in [-0.4, -0.2) is 12.4 Å². The first-order valence-electron chi connectivity index (χ1n) is 4.26. The van der Waals surface area contributed by atoms with Crippen molar-refractivity contribution in [1.82, 2.24) is 0 Å². The van der Waals surface area contributed by atoms with E-state index in [1.165, 1.54) is 6.21 Å². The summed E-state index contributed by atoms with van der Waals surface area (Å²) in [7, 11) is 0. The molecule has 2 N–H and O–H groups in total. The Labute approximate surface area is 83.4 Å². The first kappa shape index (κ1) is 12.4. The van der Waals surface area contributed by atoms with E-state index in [0.29, 0.717) is 12.0 Å². The molecule has 0 aromatic carbocycles. The van der Waals surface area contributed by atoms with E-state index >= 15 is 0 Å². The Morgan fingerprint density at radius 2 is 2.36 bits per heavy atom. The van der Waals surface area contributed by atoms with Gasteiger partial charge in [0, 0.05) is 5.70 Å². The number of hydrogen-bond donors (Lipinski definition) is 1. The van der Waals surface area contributed by atoms with Crippen LogP contribution in [0.3, 0.4) is 0 Å². The summed E-state index contributed by atoms with van der Waals surface area (Å²) >= 11 is 0. The number of alkyl halides is 1. The molecule has 0 radical (unpaired) electrons. The second-order valence-corrected chi connectivity index (χ2v) is 2.85. The summed E-state index contributed by atoms with van der Waals surface area (Å²) in [6.07, 6.45) is 0.438. The van der Waals surface area contributed by atoms with Crippen LogP contribution in [0, 0.1) is 11.3 Å². The number of rotatable bonds is 4. The van der Waals surface area contributed by atoms with E-state index in [1.54, 1.807) is 13.8 Å². The van der Waals surface area contributed by atoms with Crippen molar-refractivity contribution in [3.8, 4) is 6.07 Å². The van der Waals surface area contributed by atoms with Crippen molar-refractivity contribution in [2.75, 3.05) is 0 Å². The Morgan fingerprint density at radius 1 is 1.79 bits per heavy atom. The van der Waals surface area contributed by atoms with E-state index in [0.717, 1.165) is 0 Å². The normalized spacial score (nSPS) is 14.7. The monoisotopic (exact) mass is 195 g/mol. The van der Waals surface area contributed by atoms with E-state index < -0.39 is 6.17 Å². The molecule has 76 valence electrons. The fourth-order valence-corrected chi connectivity index (χ4v) is 0.821. The van der Waals surface area contributed by atoms with Gasteiger partial charge in [-0.05, 0) is 18.9 Å². The van der Waals surface area contributed by atoms with E-state index in [9.17, 15) is 4.39 Å². The largest absolute Gasteiger partial charge is 0.398 e. The van der Waals surface area contributed by atoms with Crippen molar-refractivity contribution in [3.63, 3.8) is 0 Å². The lowest BCUT2D eigenvalue weighted by Gasteiger charge is -2.05. The third kappa shape index (κ3) is 3.85. The Balaban J connectivity index is 4.88. The molecule has 0 aliphatic rings. The van der Waals surface area contributed by atoms with Crippen LogP contribution < -0.4 is 5.73 Å². The van der Waals surface area contributed by atoms with E-state index in [2.05, 4.69) is 11.6 Å². The SMILES string of the molecule is C=C(N)/C=N\C(C#N)=C(/C)C(F)CC.